The van der Waals surface area contributed by atoms with Crippen LogP contribution < -0.4 is 37.2 Å². The van der Waals surface area contributed by atoms with E-state index in [0.717, 1.165) is 0 Å². The van der Waals surface area contributed by atoms with E-state index in [2.05, 4.69) is 47.3 Å². The molecule has 0 aromatic heterocycles. The first-order valence-electron chi connectivity index (χ1n) is 5.25. The first-order valence-corrected chi connectivity index (χ1v) is 9.98. The quantitative estimate of drug-likeness (QED) is 0.394. The van der Waals surface area contributed by atoms with Crippen molar-refractivity contribution in [1.82, 2.24) is 0 Å². The molecule has 0 atom stereocenters. The topological polar surface area (TPSA) is 0 Å². The van der Waals surface area contributed by atoms with Crippen molar-refractivity contribution in [3.8, 4) is 0 Å². The van der Waals surface area contributed by atoms with Gasteiger partial charge in [0, 0.05) is 0 Å². The normalized spacial score (nSPS) is 18.4. The Labute approximate surface area is 141 Å². The maximum atomic E-state index is 2.46. The van der Waals surface area contributed by atoms with Crippen LogP contribution in [0.25, 0.3) is 0 Å². The number of hydrogen-bond donors (Lipinski definition) is 0. The average molecular weight is 391 g/mol. The monoisotopic (exact) mass is 388 g/mol. The molecule has 0 unspecified atom stereocenters. The molecule has 0 radical (unpaired) electrons. The van der Waals surface area contributed by atoms with Crippen molar-refractivity contribution >= 4 is 8.07 Å². The molecule has 0 saturated carbocycles. The van der Waals surface area contributed by atoms with E-state index < -0.39 is 8.07 Å². The van der Waals surface area contributed by atoms with Gasteiger partial charge < -0.3 is 37.2 Å². The Bertz CT molecular complexity index is 338. The van der Waals surface area contributed by atoms with Crippen LogP contribution >= 0.6 is 0 Å². The average Bonchev–Trinajstić information content (AvgIpc) is 2.12. The Morgan fingerprint density at radius 2 is 1.29 bits per heavy atom. The first-order chi connectivity index (χ1) is 6.10. The van der Waals surface area contributed by atoms with Crippen LogP contribution in [0.4, 0.5) is 0 Å². The number of allylic oxidation sites excluding steroid dienone is 4. The molecule has 0 N–H and O–H groups in total. The summed E-state index contributed by atoms with van der Waals surface area (Å²) in [7, 11) is -1.14. The molecule has 0 amide bonds. The van der Waals surface area contributed by atoms with Crippen LogP contribution in [0.1, 0.15) is 27.7 Å². The molecule has 0 aliphatic heterocycles. The molecule has 0 saturated heterocycles. The summed E-state index contributed by atoms with van der Waals surface area (Å²) >= 11 is 1.61. The number of hydrogen-bond acceptors (Lipinski definition) is 0. The van der Waals surface area contributed by atoms with Gasteiger partial charge in [0.25, 0.3) is 0 Å². The predicted octanol–water partition coefficient (Wildman–Crippen LogP) is -4.95. The van der Waals surface area contributed by atoms with Gasteiger partial charge in [-0.1, -0.05) is 0 Å². The zero-order valence-corrected chi connectivity index (χ0v) is 17.4. The molecule has 17 heavy (non-hydrogen) atoms. The maximum Gasteiger partial charge on any atom is -1.00 e. The minimum Gasteiger partial charge on any atom is -1.00 e. The third-order valence-electron chi connectivity index (χ3n) is 3.50. The molecule has 0 bridgehead atoms. The van der Waals surface area contributed by atoms with E-state index in [-0.39, 0.29) is 37.2 Å². The summed E-state index contributed by atoms with van der Waals surface area (Å²) in [5.74, 6) is 0. The zero-order valence-electron chi connectivity index (χ0n) is 11.6. The molecule has 1 aliphatic carbocycles. The largest absolute Gasteiger partial charge is 1.00 e. The van der Waals surface area contributed by atoms with Crippen molar-refractivity contribution in [3.05, 3.63) is 19.6 Å². The number of halogens is 3. The second-order valence-electron chi connectivity index (χ2n) is 5.88. The van der Waals surface area contributed by atoms with Gasteiger partial charge in [0.15, 0.2) is 0 Å². The van der Waals surface area contributed by atoms with Crippen LogP contribution in [-0.2, 0) is 24.7 Å². The second-order valence-corrected chi connectivity index (χ2v) is 12.1. The van der Waals surface area contributed by atoms with Crippen molar-refractivity contribution < 1.29 is 61.9 Å². The molecule has 5 heteroatoms. The smallest absolute Gasteiger partial charge is 1.00 e. The summed E-state index contributed by atoms with van der Waals surface area (Å²) in [6.45, 7) is 16.8. The van der Waals surface area contributed by atoms with Crippen LogP contribution in [0, 0.1) is 5.41 Å². The van der Waals surface area contributed by atoms with Gasteiger partial charge in [-0.3, -0.25) is 0 Å². The van der Waals surface area contributed by atoms with Crippen molar-refractivity contribution in [2.24, 2.45) is 5.41 Å². The van der Waals surface area contributed by atoms with Gasteiger partial charge in [-0.25, -0.2) is 0 Å². The van der Waals surface area contributed by atoms with Gasteiger partial charge in [0.2, 0.25) is 0 Å². The van der Waals surface area contributed by atoms with Gasteiger partial charge in [0.05, 0.1) is 0 Å². The van der Waals surface area contributed by atoms with E-state index in [1.165, 1.54) is 0 Å². The molecule has 1 aliphatic rings. The van der Waals surface area contributed by atoms with Crippen molar-refractivity contribution in [3.63, 3.8) is 0 Å². The summed E-state index contributed by atoms with van der Waals surface area (Å²) in [6, 6.07) is 0. The molecule has 0 aromatic rings. The van der Waals surface area contributed by atoms with Crippen molar-refractivity contribution in [2.45, 2.75) is 47.3 Å². The molecule has 0 heterocycles. The van der Waals surface area contributed by atoms with Crippen LogP contribution in [0.2, 0.25) is 19.6 Å². The van der Waals surface area contributed by atoms with Gasteiger partial charge in [0.1, 0.15) is 0 Å². The third-order valence-corrected chi connectivity index (χ3v) is 8.39. The predicted molar refractivity (Wildman–Crippen MR) is 62.5 cm³/mol. The standard InChI is InChI=1S/C12H21Si.3ClH.Zr/c1-9-10(2)12(3,4)8-11(9)13(5,6)7;;;;/h1-7H3;3*1H;/q;;;;+3/p-3. The van der Waals surface area contributed by atoms with E-state index in [4.69, 9.17) is 0 Å². The summed E-state index contributed by atoms with van der Waals surface area (Å²) in [6.07, 6.45) is 0. The van der Waals surface area contributed by atoms with E-state index >= 15 is 0 Å². The fraction of sp³-hybridized carbons (Fsp3) is 0.667. The minimum atomic E-state index is -1.14. The van der Waals surface area contributed by atoms with Crippen molar-refractivity contribution in [1.29, 1.82) is 0 Å². The van der Waals surface area contributed by atoms with Crippen LogP contribution in [-0.4, -0.2) is 8.07 Å². The van der Waals surface area contributed by atoms with E-state index in [1.807, 2.05) is 0 Å². The van der Waals surface area contributed by atoms with Crippen LogP contribution in [0.3, 0.4) is 0 Å². The second kappa shape index (κ2) is 7.29. The maximum absolute atomic E-state index is 2.46. The molecule has 0 aromatic carbocycles. The van der Waals surface area contributed by atoms with E-state index in [0.29, 0.717) is 5.41 Å². The Morgan fingerprint density at radius 1 is 0.941 bits per heavy atom. The molecular weight excluding hydrogens is 370 g/mol. The van der Waals surface area contributed by atoms with Crippen LogP contribution in [0.15, 0.2) is 19.6 Å². The molecule has 0 nitrogen and oxygen atoms in total. The minimum absolute atomic E-state index is 0. The summed E-state index contributed by atoms with van der Waals surface area (Å²) in [5.41, 5.74) is 3.54. The Kier molecular flexibility index (Phi) is 10.1. The summed E-state index contributed by atoms with van der Waals surface area (Å²) in [5, 5.41) is 1.75. The Balaban J connectivity index is -0.000000653. The SMILES string of the molecule is CC1=C(C)C(C)(C)[C]([Zr+3])=C1[Si](C)(C)C.[Cl-].[Cl-].[Cl-]. The van der Waals surface area contributed by atoms with E-state index in [9.17, 15) is 0 Å². The van der Waals surface area contributed by atoms with Gasteiger partial charge in [-0.15, -0.1) is 0 Å². The van der Waals surface area contributed by atoms with Gasteiger partial charge in [-0.2, -0.15) is 0 Å². The Hall–Kier alpha value is 1.45. The van der Waals surface area contributed by atoms with Crippen molar-refractivity contribution in [2.75, 3.05) is 0 Å². The first kappa shape index (κ1) is 23.5. The zero-order chi connectivity index (χ0) is 11.3. The molecule has 1 rings (SSSR count). The number of rotatable bonds is 1. The van der Waals surface area contributed by atoms with E-state index in [1.54, 1.807) is 44.3 Å². The van der Waals surface area contributed by atoms with Gasteiger partial charge >= 0.3 is 105 Å². The fourth-order valence-corrected chi connectivity index (χ4v) is 8.34. The Morgan fingerprint density at radius 3 is 1.41 bits per heavy atom. The van der Waals surface area contributed by atoms with Crippen LogP contribution in [0.5, 0.6) is 0 Å². The summed E-state index contributed by atoms with van der Waals surface area (Å²) < 4.78 is 1.71. The third kappa shape index (κ3) is 4.21. The molecule has 0 spiro atoms. The molecular formula is C12H21Cl3SiZr. The molecule has 98 valence electrons. The summed E-state index contributed by atoms with van der Waals surface area (Å²) in [4.78, 5) is 0. The van der Waals surface area contributed by atoms with Gasteiger partial charge in [-0.05, 0) is 0 Å². The molecule has 0 fully saturated rings. The fourth-order valence-electron chi connectivity index (χ4n) is 2.28.